The minimum atomic E-state index is 0.504. The van der Waals surface area contributed by atoms with Gasteiger partial charge in [0.05, 0.1) is 21.8 Å². The first-order valence-electron chi connectivity index (χ1n) is 6.30. The Balaban J connectivity index is 1.96. The Kier molecular flexibility index (Phi) is 4.19. The predicted molar refractivity (Wildman–Crippen MR) is 87.1 cm³/mol. The summed E-state index contributed by atoms with van der Waals surface area (Å²) in [5.41, 5.74) is 4.51. The highest BCUT2D eigenvalue weighted by Crippen LogP contribution is 2.28. The molecular weight excluding hydrogens is 325 g/mol. The lowest BCUT2D eigenvalue weighted by Crippen LogP contribution is -1.99. The van der Waals surface area contributed by atoms with Gasteiger partial charge in [-0.15, -0.1) is 11.3 Å². The van der Waals surface area contributed by atoms with Gasteiger partial charge in [0.2, 0.25) is 0 Å². The number of nitrogens with zero attached hydrogens (tertiary/aromatic N) is 3. The first-order valence-corrected chi connectivity index (χ1v) is 7.94. The van der Waals surface area contributed by atoms with Gasteiger partial charge < -0.3 is 0 Å². The van der Waals surface area contributed by atoms with Crippen molar-refractivity contribution in [3.63, 3.8) is 0 Å². The third kappa shape index (κ3) is 3.07. The second kappa shape index (κ2) is 6.10. The molecule has 0 spiro atoms. The van der Waals surface area contributed by atoms with Gasteiger partial charge in [-0.2, -0.15) is 0 Å². The molecule has 0 aliphatic heterocycles. The zero-order chi connectivity index (χ0) is 14.8. The average molecular weight is 336 g/mol. The van der Waals surface area contributed by atoms with Gasteiger partial charge >= 0.3 is 0 Å². The highest BCUT2D eigenvalue weighted by Gasteiger charge is 2.11. The van der Waals surface area contributed by atoms with Crippen LogP contribution in [0.3, 0.4) is 0 Å². The number of aromatic nitrogens is 3. The smallest absolute Gasteiger partial charge is 0.133 e. The zero-order valence-corrected chi connectivity index (χ0v) is 13.5. The van der Waals surface area contributed by atoms with E-state index in [2.05, 4.69) is 15.0 Å². The van der Waals surface area contributed by atoms with Crippen LogP contribution in [0.25, 0.3) is 10.6 Å². The standard InChI is InChI=1S/C15H11Cl2N3S/c1-9-15(21-8-19-9)13-5-6-18-14(20-13)7-10-11(16)3-2-4-12(10)17/h2-6,8H,7H2,1H3. The van der Waals surface area contributed by atoms with Crippen molar-refractivity contribution in [2.24, 2.45) is 0 Å². The average Bonchev–Trinajstić information content (AvgIpc) is 2.90. The van der Waals surface area contributed by atoms with Crippen LogP contribution >= 0.6 is 34.5 Å². The Bertz CT molecular complexity index is 766. The molecule has 0 atom stereocenters. The summed E-state index contributed by atoms with van der Waals surface area (Å²) in [5, 5.41) is 1.26. The van der Waals surface area contributed by atoms with Gasteiger partial charge in [-0.1, -0.05) is 29.3 Å². The summed E-state index contributed by atoms with van der Waals surface area (Å²) >= 11 is 14.0. The minimum Gasteiger partial charge on any atom is -0.249 e. The fourth-order valence-corrected chi connectivity index (χ4v) is 3.32. The van der Waals surface area contributed by atoms with E-state index in [0.717, 1.165) is 21.8 Å². The van der Waals surface area contributed by atoms with E-state index in [9.17, 15) is 0 Å². The van der Waals surface area contributed by atoms with Crippen molar-refractivity contribution in [1.82, 2.24) is 15.0 Å². The molecule has 0 bridgehead atoms. The molecule has 3 rings (SSSR count). The molecule has 106 valence electrons. The van der Waals surface area contributed by atoms with E-state index >= 15 is 0 Å². The number of thiazole rings is 1. The molecule has 6 heteroatoms. The molecule has 0 radical (unpaired) electrons. The summed E-state index contributed by atoms with van der Waals surface area (Å²) in [6.07, 6.45) is 2.26. The van der Waals surface area contributed by atoms with Crippen LogP contribution < -0.4 is 0 Å². The van der Waals surface area contributed by atoms with E-state index in [-0.39, 0.29) is 0 Å². The van der Waals surface area contributed by atoms with Crippen LogP contribution in [-0.2, 0) is 6.42 Å². The maximum atomic E-state index is 6.20. The lowest BCUT2D eigenvalue weighted by atomic mass is 10.1. The Labute approximate surface area is 136 Å². The van der Waals surface area contributed by atoms with Gasteiger partial charge in [-0.25, -0.2) is 15.0 Å². The number of hydrogen-bond acceptors (Lipinski definition) is 4. The van der Waals surface area contributed by atoms with E-state index < -0.39 is 0 Å². The first kappa shape index (κ1) is 14.4. The van der Waals surface area contributed by atoms with Crippen LogP contribution in [0.2, 0.25) is 10.0 Å². The van der Waals surface area contributed by atoms with Crippen molar-refractivity contribution in [1.29, 1.82) is 0 Å². The molecule has 2 aromatic heterocycles. The number of halogens is 2. The van der Waals surface area contributed by atoms with Crippen LogP contribution in [0, 0.1) is 6.92 Å². The number of rotatable bonds is 3. The van der Waals surface area contributed by atoms with Gasteiger partial charge in [-0.3, -0.25) is 0 Å². The summed E-state index contributed by atoms with van der Waals surface area (Å²) in [4.78, 5) is 14.2. The molecule has 2 heterocycles. The molecule has 3 aromatic rings. The van der Waals surface area contributed by atoms with Crippen LogP contribution in [-0.4, -0.2) is 15.0 Å². The quantitative estimate of drug-likeness (QED) is 0.689. The molecule has 0 aliphatic carbocycles. The van der Waals surface area contributed by atoms with Crippen molar-refractivity contribution in [2.75, 3.05) is 0 Å². The fourth-order valence-electron chi connectivity index (χ4n) is 2.02. The molecule has 1 aromatic carbocycles. The van der Waals surface area contributed by atoms with E-state index in [4.69, 9.17) is 23.2 Å². The maximum Gasteiger partial charge on any atom is 0.133 e. The minimum absolute atomic E-state index is 0.504. The highest BCUT2D eigenvalue weighted by atomic mass is 35.5. The van der Waals surface area contributed by atoms with Crippen LogP contribution in [0.15, 0.2) is 36.0 Å². The Hall–Kier alpha value is -1.49. The van der Waals surface area contributed by atoms with Crippen molar-refractivity contribution in [3.05, 3.63) is 63.1 Å². The van der Waals surface area contributed by atoms with Crippen molar-refractivity contribution >= 4 is 34.5 Å². The molecule has 0 aliphatic rings. The van der Waals surface area contributed by atoms with E-state index in [1.807, 2.05) is 36.7 Å². The van der Waals surface area contributed by atoms with Crippen molar-refractivity contribution in [3.8, 4) is 10.6 Å². The second-order valence-electron chi connectivity index (χ2n) is 4.50. The lowest BCUT2D eigenvalue weighted by molar-refractivity contribution is 0.972. The van der Waals surface area contributed by atoms with Gasteiger partial charge in [0.25, 0.3) is 0 Å². The Morgan fingerprint density at radius 1 is 1.10 bits per heavy atom. The van der Waals surface area contributed by atoms with Gasteiger partial charge in [0.15, 0.2) is 0 Å². The number of hydrogen-bond donors (Lipinski definition) is 0. The van der Waals surface area contributed by atoms with Crippen LogP contribution in [0.1, 0.15) is 17.1 Å². The molecule has 21 heavy (non-hydrogen) atoms. The number of benzene rings is 1. The van der Waals surface area contributed by atoms with Gasteiger partial charge in [0.1, 0.15) is 5.82 Å². The van der Waals surface area contributed by atoms with Crippen LogP contribution in [0.4, 0.5) is 0 Å². The van der Waals surface area contributed by atoms with Crippen molar-refractivity contribution < 1.29 is 0 Å². The van der Waals surface area contributed by atoms with Gasteiger partial charge in [0, 0.05) is 22.7 Å². The van der Waals surface area contributed by atoms with Crippen LogP contribution in [0.5, 0.6) is 0 Å². The summed E-state index contributed by atoms with van der Waals surface area (Å²) in [6, 6.07) is 7.35. The monoisotopic (exact) mass is 335 g/mol. The van der Waals surface area contributed by atoms with E-state index in [0.29, 0.717) is 22.3 Å². The number of aryl methyl sites for hydroxylation is 1. The normalized spacial score (nSPS) is 10.8. The summed E-state index contributed by atoms with van der Waals surface area (Å²) in [5.74, 6) is 0.690. The fraction of sp³-hybridized carbons (Fsp3) is 0.133. The third-order valence-electron chi connectivity index (χ3n) is 3.08. The Morgan fingerprint density at radius 3 is 2.52 bits per heavy atom. The molecular formula is C15H11Cl2N3S. The SMILES string of the molecule is Cc1ncsc1-c1ccnc(Cc2c(Cl)cccc2Cl)n1. The molecule has 3 nitrogen and oxygen atoms in total. The van der Waals surface area contributed by atoms with E-state index in [1.165, 1.54) is 0 Å². The topological polar surface area (TPSA) is 38.7 Å². The molecule has 0 fully saturated rings. The summed E-state index contributed by atoms with van der Waals surface area (Å²) in [7, 11) is 0. The lowest BCUT2D eigenvalue weighted by Gasteiger charge is -2.07. The summed E-state index contributed by atoms with van der Waals surface area (Å²) < 4.78 is 0. The molecule has 0 saturated heterocycles. The Morgan fingerprint density at radius 2 is 1.86 bits per heavy atom. The second-order valence-corrected chi connectivity index (χ2v) is 6.17. The van der Waals surface area contributed by atoms with Crippen molar-refractivity contribution in [2.45, 2.75) is 13.3 Å². The molecule has 0 N–H and O–H groups in total. The maximum absolute atomic E-state index is 6.20. The predicted octanol–water partition coefficient (Wildman–Crippen LogP) is 4.81. The molecule has 0 unspecified atom stereocenters. The largest absolute Gasteiger partial charge is 0.249 e. The zero-order valence-electron chi connectivity index (χ0n) is 11.2. The molecule has 0 saturated carbocycles. The van der Waals surface area contributed by atoms with Gasteiger partial charge in [-0.05, 0) is 30.7 Å². The molecule has 0 amide bonds. The van der Waals surface area contributed by atoms with E-state index in [1.54, 1.807) is 17.5 Å². The first-order chi connectivity index (χ1) is 10.1. The highest BCUT2D eigenvalue weighted by molar-refractivity contribution is 7.13. The third-order valence-corrected chi connectivity index (χ3v) is 4.74. The summed E-state index contributed by atoms with van der Waals surface area (Å²) in [6.45, 7) is 1.97.